The van der Waals surface area contributed by atoms with E-state index in [0.717, 1.165) is 36.8 Å². The van der Waals surface area contributed by atoms with Crippen LogP contribution in [0.15, 0.2) is 76.6 Å². The molecule has 188 valence electrons. The first kappa shape index (κ1) is 24.4. The highest BCUT2D eigenvalue weighted by Crippen LogP contribution is 2.32. The Morgan fingerprint density at radius 1 is 1.08 bits per heavy atom. The van der Waals surface area contributed by atoms with Gasteiger partial charge in [0.25, 0.3) is 11.2 Å². The number of fused-ring (bicyclic) bond motifs is 1. The lowest BCUT2D eigenvalue weighted by Crippen LogP contribution is -2.25. The van der Waals surface area contributed by atoms with E-state index in [-0.39, 0.29) is 17.2 Å². The number of hydrogen-bond donors (Lipinski definition) is 0. The van der Waals surface area contributed by atoms with Crippen LogP contribution in [0.3, 0.4) is 0 Å². The van der Waals surface area contributed by atoms with Gasteiger partial charge in [-0.25, -0.2) is 4.98 Å². The molecule has 0 spiro atoms. The molecule has 1 aliphatic rings. The van der Waals surface area contributed by atoms with Crippen molar-refractivity contribution in [3.8, 4) is 5.75 Å². The molecule has 0 bridgehead atoms. The van der Waals surface area contributed by atoms with E-state index in [0.29, 0.717) is 34.6 Å². The van der Waals surface area contributed by atoms with Crippen LogP contribution in [0.2, 0.25) is 0 Å². The number of benzene rings is 3. The van der Waals surface area contributed by atoms with Gasteiger partial charge in [-0.1, -0.05) is 61.2 Å². The number of ether oxygens (including phenoxy) is 1. The molecule has 0 atom stereocenters. The van der Waals surface area contributed by atoms with Crippen molar-refractivity contribution >= 4 is 22.8 Å². The van der Waals surface area contributed by atoms with Crippen LogP contribution in [0.5, 0.6) is 5.75 Å². The molecular formula is C29H28N4O4. The van der Waals surface area contributed by atoms with Gasteiger partial charge in [-0.3, -0.25) is 14.9 Å². The fraction of sp³-hybridized carbons (Fsp3) is 0.276. The lowest BCUT2D eigenvalue weighted by atomic mass is 9.88. The van der Waals surface area contributed by atoms with Gasteiger partial charge in [0.15, 0.2) is 0 Å². The largest absolute Gasteiger partial charge is 0.488 e. The molecule has 37 heavy (non-hydrogen) atoms. The summed E-state index contributed by atoms with van der Waals surface area (Å²) in [7, 11) is 0. The third-order valence-electron chi connectivity index (χ3n) is 6.78. The van der Waals surface area contributed by atoms with Crippen LogP contribution in [0.4, 0.5) is 5.69 Å². The Balaban J connectivity index is 1.55. The van der Waals surface area contributed by atoms with E-state index in [1.807, 2.05) is 43.3 Å². The van der Waals surface area contributed by atoms with E-state index in [1.165, 1.54) is 29.4 Å². The maximum absolute atomic E-state index is 13.5. The van der Waals surface area contributed by atoms with Crippen molar-refractivity contribution in [3.05, 3.63) is 110 Å². The number of non-ortho nitro benzene ring substituents is 1. The summed E-state index contributed by atoms with van der Waals surface area (Å²) in [5.74, 6) is 1.20. The number of aromatic nitrogens is 2. The molecule has 0 saturated heterocycles. The van der Waals surface area contributed by atoms with Crippen molar-refractivity contribution in [3.63, 3.8) is 0 Å². The summed E-state index contributed by atoms with van der Waals surface area (Å²) >= 11 is 0. The maximum Gasteiger partial charge on any atom is 0.282 e. The number of nitro groups is 1. The molecule has 0 N–H and O–H groups in total. The van der Waals surface area contributed by atoms with Crippen LogP contribution in [0, 0.1) is 17.0 Å². The van der Waals surface area contributed by atoms with Crippen LogP contribution in [-0.2, 0) is 6.61 Å². The summed E-state index contributed by atoms with van der Waals surface area (Å²) in [5, 5.41) is 16.5. The molecule has 3 aromatic carbocycles. The molecule has 1 aliphatic carbocycles. The number of aryl methyl sites for hydroxylation is 1. The van der Waals surface area contributed by atoms with Gasteiger partial charge in [0.1, 0.15) is 18.2 Å². The Hall–Kier alpha value is -4.33. The average molecular weight is 497 g/mol. The molecule has 0 unspecified atom stereocenters. The van der Waals surface area contributed by atoms with Gasteiger partial charge >= 0.3 is 0 Å². The third kappa shape index (κ3) is 5.43. The van der Waals surface area contributed by atoms with Gasteiger partial charge in [-0.05, 0) is 43.5 Å². The molecule has 4 aromatic rings. The molecule has 0 radical (unpaired) electrons. The van der Waals surface area contributed by atoms with Crippen molar-refractivity contribution in [2.24, 2.45) is 5.10 Å². The Bertz CT molecular complexity index is 1520. The van der Waals surface area contributed by atoms with Gasteiger partial charge in [0, 0.05) is 23.6 Å². The predicted octanol–water partition coefficient (Wildman–Crippen LogP) is 6.12. The molecular weight excluding hydrogens is 468 g/mol. The smallest absolute Gasteiger partial charge is 0.282 e. The van der Waals surface area contributed by atoms with Crippen molar-refractivity contribution in [2.75, 3.05) is 0 Å². The quantitative estimate of drug-likeness (QED) is 0.174. The number of hydrogen-bond acceptors (Lipinski definition) is 6. The molecule has 1 fully saturated rings. The van der Waals surface area contributed by atoms with Crippen molar-refractivity contribution in [1.29, 1.82) is 0 Å². The van der Waals surface area contributed by atoms with Crippen molar-refractivity contribution in [1.82, 2.24) is 9.66 Å². The Kier molecular flexibility index (Phi) is 7.07. The second kappa shape index (κ2) is 10.7. The fourth-order valence-electron chi connectivity index (χ4n) is 4.72. The average Bonchev–Trinajstić information content (AvgIpc) is 2.93. The fourth-order valence-corrected chi connectivity index (χ4v) is 4.72. The predicted molar refractivity (Wildman–Crippen MR) is 143 cm³/mol. The van der Waals surface area contributed by atoms with Gasteiger partial charge in [0.2, 0.25) is 0 Å². The summed E-state index contributed by atoms with van der Waals surface area (Å²) in [6.45, 7) is 2.31. The van der Waals surface area contributed by atoms with Crippen LogP contribution in [0.25, 0.3) is 10.9 Å². The normalized spacial score (nSPS) is 14.3. The van der Waals surface area contributed by atoms with E-state index in [4.69, 9.17) is 9.72 Å². The van der Waals surface area contributed by atoms with Crippen LogP contribution >= 0.6 is 0 Å². The highest BCUT2D eigenvalue weighted by atomic mass is 16.6. The van der Waals surface area contributed by atoms with E-state index in [2.05, 4.69) is 5.10 Å². The minimum absolute atomic E-state index is 0.0828. The maximum atomic E-state index is 13.5. The zero-order chi connectivity index (χ0) is 25.8. The molecule has 5 rings (SSSR count). The van der Waals surface area contributed by atoms with Crippen LogP contribution in [0.1, 0.15) is 60.5 Å². The SMILES string of the molecule is Cc1ccc(COc2ccc([N+](=O)[O-])cc2C=Nn2c(C3CCCCC3)nc3ccccc3c2=O)cc1. The van der Waals surface area contributed by atoms with E-state index in [9.17, 15) is 14.9 Å². The highest BCUT2D eigenvalue weighted by Gasteiger charge is 2.22. The first-order valence-electron chi connectivity index (χ1n) is 12.5. The van der Waals surface area contributed by atoms with Crippen molar-refractivity contribution in [2.45, 2.75) is 51.6 Å². The van der Waals surface area contributed by atoms with E-state index < -0.39 is 4.92 Å². The molecule has 8 nitrogen and oxygen atoms in total. The summed E-state index contributed by atoms with van der Waals surface area (Å²) in [6.07, 6.45) is 6.69. The second-order valence-corrected chi connectivity index (χ2v) is 9.44. The number of nitrogens with zero attached hydrogens (tertiary/aromatic N) is 4. The lowest BCUT2D eigenvalue weighted by molar-refractivity contribution is -0.384. The second-order valence-electron chi connectivity index (χ2n) is 9.44. The zero-order valence-corrected chi connectivity index (χ0v) is 20.7. The Labute approximate surface area is 214 Å². The number of para-hydroxylation sites is 1. The molecule has 1 heterocycles. The standard InChI is InChI=1S/C29H28N4O4/c1-20-11-13-21(14-12-20)19-37-27-16-15-24(33(35)36)17-23(27)18-30-32-28(22-7-3-2-4-8-22)31-26-10-6-5-9-25(26)29(32)34/h5-6,9-18,22H,2-4,7-8,19H2,1H3. The first-order chi connectivity index (χ1) is 18.0. The molecule has 8 heteroatoms. The summed E-state index contributed by atoms with van der Waals surface area (Å²) in [4.78, 5) is 29.3. The van der Waals surface area contributed by atoms with Crippen LogP contribution < -0.4 is 10.3 Å². The lowest BCUT2D eigenvalue weighted by Gasteiger charge is -2.22. The monoisotopic (exact) mass is 496 g/mol. The minimum atomic E-state index is -0.460. The third-order valence-corrected chi connectivity index (χ3v) is 6.78. The summed E-state index contributed by atoms with van der Waals surface area (Å²) in [6, 6.07) is 19.6. The molecule has 1 aromatic heterocycles. The molecule has 1 saturated carbocycles. The van der Waals surface area contributed by atoms with Gasteiger partial charge in [-0.15, -0.1) is 0 Å². The highest BCUT2D eigenvalue weighted by molar-refractivity contribution is 5.85. The van der Waals surface area contributed by atoms with Gasteiger partial charge in [-0.2, -0.15) is 9.78 Å². The molecule has 0 amide bonds. The summed E-state index contributed by atoms with van der Waals surface area (Å²) in [5.41, 5.74) is 2.85. The first-order valence-corrected chi connectivity index (χ1v) is 12.5. The topological polar surface area (TPSA) is 99.6 Å². The number of nitro benzene ring substituents is 1. The zero-order valence-electron chi connectivity index (χ0n) is 20.7. The van der Waals surface area contributed by atoms with Crippen LogP contribution in [-0.4, -0.2) is 20.8 Å². The minimum Gasteiger partial charge on any atom is -0.488 e. The van der Waals surface area contributed by atoms with E-state index in [1.54, 1.807) is 18.2 Å². The van der Waals surface area contributed by atoms with Gasteiger partial charge in [0.05, 0.1) is 22.0 Å². The molecule has 0 aliphatic heterocycles. The van der Waals surface area contributed by atoms with E-state index >= 15 is 0 Å². The Morgan fingerprint density at radius 2 is 1.84 bits per heavy atom. The Morgan fingerprint density at radius 3 is 2.59 bits per heavy atom. The van der Waals surface area contributed by atoms with Crippen molar-refractivity contribution < 1.29 is 9.66 Å². The van der Waals surface area contributed by atoms with Gasteiger partial charge < -0.3 is 4.74 Å². The number of rotatable bonds is 7. The summed E-state index contributed by atoms with van der Waals surface area (Å²) < 4.78 is 7.38.